The molecule has 5 nitrogen and oxygen atoms in total. The van der Waals surface area contributed by atoms with Crippen molar-refractivity contribution in [3.63, 3.8) is 0 Å². The summed E-state index contributed by atoms with van der Waals surface area (Å²) in [5, 5.41) is 0. The largest absolute Gasteiger partial charge is 0.342 e. The van der Waals surface area contributed by atoms with Gasteiger partial charge in [0, 0.05) is 38.1 Å². The predicted octanol–water partition coefficient (Wildman–Crippen LogP) is 2.40. The van der Waals surface area contributed by atoms with Crippen molar-refractivity contribution in [1.82, 2.24) is 14.9 Å². The fourth-order valence-corrected chi connectivity index (χ4v) is 3.50. The number of rotatable bonds is 2. The maximum Gasteiger partial charge on any atom is 0.227 e. The van der Waals surface area contributed by atoms with Crippen molar-refractivity contribution in [2.45, 2.75) is 45.4 Å². The van der Waals surface area contributed by atoms with Crippen molar-refractivity contribution in [2.24, 2.45) is 5.92 Å². The molecule has 0 bridgehead atoms. The molecule has 22 heavy (non-hydrogen) atoms. The molecule has 3 rings (SSSR count). The number of piperidine rings is 1. The van der Waals surface area contributed by atoms with Crippen LogP contribution in [0.3, 0.4) is 0 Å². The summed E-state index contributed by atoms with van der Waals surface area (Å²) in [6.07, 6.45) is 8.68. The quantitative estimate of drug-likeness (QED) is 0.842. The summed E-state index contributed by atoms with van der Waals surface area (Å²) in [7, 11) is 0. The first-order valence-corrected chi connectivity index (χ1v) is 8.57. The van der Waals surface area contributed by atoms with Gasteiger partial charge in [-0.25, -0.2) is 9.97 Å². The van der Waals surface area contributed by atoms with Gasteiger partial charge in [0.1, 0.15) is 0 Å². The van der Waals surface area contributed by atoms with Crippen molar-refractivity contribution >= 4 is 11.9 Å². The van der Waals surface area contributed by atoms with Gasteiger partial charge in [-0.1, -0.05) is 12.8 Å². The minimum absolute atomic E-state index is 0.107. The monoisotopic (exact) mass is 302 g/mol. The number of aryl methyl sites for hydroxylation is 1. The van der Waals surface area contributed by atoms with E-state index >= 15 is 0 Å². The van der Waals surface area contributed by atoms with E-state index in [1.807, 2.05) is 13.0 Å². The average Bonchev–Trinajstić information content (AvgIpc) is 2.83. The fraction of sp³-hybridized carbons (Fsp3) is 0.706. The van der Waals surface area contributed by atoms with E-state index in [2.05, 4.69) is 19.8 Å². The van der Waals surface area contributed by atoms with Crippen molar-refractivity contribution in [3.8, 4) is 0 Å². The Balaban J connectivity index is 1.65. The lowest BCUT2D eigenvalue weighted by atomic mass is 9.96. The molecule has 2 aliphatic heterocycles. The number of hydrogen-bond donors (Lipinski definition) is 0. The molecule has 1 unspecified atom stereocenters. The van der Waals surface area contributed by atoms with Crippen molar-refractivity contribution in [3.05, 3.63) is 18.0 Å². The highest BCUT2D eigenvalue weighted by Gasteiger charge is 2.30. The van der Waals surface area contributed by atoms with Gasteiger partial charge in [0.2, 0.25) is 11.9 Å². The average molecular weight is 302 g/mol. The summed E-state index contributed by atoms with van der Waals surface area (Å²) in [5.74, 6) is 1.23. The van der Waals surface area contributed by atoms with Crippen molar-refractivity contribution in [2.75, 3.05) is 31.1 Å². The van der Waals surface area contributed by atoms with E-state index < -0.39 is 0 Å². The maximum absolute atomic E-state index is 12.8. The van der Waals surface area contributed by atoms with Crippen LogP contribution in [-0.2, 0) is 4.79 Å². The number of anilines is 1. The van der Waals surface area contributed by atoms with Crippen LogP contribution >= 0.6 is 0 Å². The van der Waals surface area contributed by atoms with Gasteiger partial charge in [0.25, 0.3) is 0 Å². The second kappa shape index (κ2) is 7.07. The first-order chi connectivity index (χ1) is 10.7. The van der Waals surface area contributed by atoms with Crippen LogP contribution in [0.5, 0.6) is 0 Å². The molecule has 1 amide bonds. The highest BCUT2D eigenvalue weighted by molar-refractivity contribution is 5.79. The zero-order chi connectivity index (χ0) is 15.4. The molecule has 2 saturated heterocycles. The lowest BCUT2D eigenvalue weighted by molar-refractivity contribution is -0.135. The second-order valence-electron chi connectivity index (χ2n) is 6.52. The highest BCUT2D eigenvalue weighted by atomic mass is 16.2. The van der Waals surface area contributed by atoms with Gasteiger partial charge < -0.3 is 9.80 Å². The molecule has 1 aromatic rings. The minimum atomic E-state index is 0.107. The Morgan fingerprint density at radius 3 is 2.64 bits per heavy atom. The van der Waals surface area contributed by atoms with E-state index in [1.54, 1.807) is 6.20 Å². The zero-order valence-corrected chi connectivity index (χ0v) is 13.5. The number of aromatic nitrogens is 2. The summed E-state index contributed by atoms with van der Waals surface area (Å²) < 4.78 is 0. The molecule has 1 atom stereocenters. The predicted molar refractivity (Wildman–Crippen MR) is 86.8 cm³/mol. The van der Waals surface area contributed by atoms with E-state index in [1.165, 1.54) is 12.8 Å². The van der Waals surface area contributed by atoms with Crippen LogP contribution in [-0.4, -0.2) is 47.0 Å². The Kier molecular flexibility index (Phi) is 4.90. The molecule has 0 radical (unpaired) electrons. The smallest absolute Gasteiger partial charge is 0.227 e. The highest BCUT2D eigenvalue weighted by Crippen LogP contribution is 2.23. The third-order valence-corrected chi connectivity index (χ3v) is 4.75. The Hall–Kier alpha value is -1.65. The third-order valence-electron chi connectivity index (χ3n) is 4.75. The zero-order valence-electron chi connectivity index (χ0n) is 13.5. The van der Waals surface area contributed by atoms with E-state index in [0.717, 1.165) is 63.5 Å². The van der Waals surface area contributed by atoms with Crippen LogP contribution in [0, 0.1) is 12.8 Å². The Morgan fingerprint density at radius 1 is 1.14 bits per heavy atom. The van der Waals surface area contributed by atoms with Gasteiger partial charge in [-0.15, -0.1) is 0 Å². The van der Waals surface area contributed by atoms with Gasteiger partial charge >= 0.3 is 0 Å². The number of carbonyl (C=O) groups excluding carboxylic acids is 1. The van der Waals surface area contributed by atoms with Crippen LogP contribution in [0.4, 0.5) is 5.95 Å². The van der Waals surface area contributed by atoms with Gasteiger partial charge in [-0.2, -0.15) is 0 Å². The summed E-state index contributed by atoms with van der Waals surface area (Å²) in [6, 6.07) is 1.91. The standard InChI is InChI=1S/C17H26N4O/c1-14-8-9-18-17(19-14)21-12-6-7-15(13-21)16(22)20-10-4-2-3-5-11-20/h8-9,15H,2-7,10-13H2,1H3. The van der Waals surface area contributed by atoms with Crippen LogP contribution in [0.2, 0.25) is 0 Å². The second-order valence-corrected chi connectivity index (χ2v) is 6.52. The maximum atomic E-state index is 12.8. The summed E-state index contributed by atoms with van der Waals surface area (Å²) in [6.45, 7) is 5.58. The molecule has 0 aliphatic carbocycles. The number of likely N-dealkylation sites (tertiary alicyclic amines) is 1. The Morgan fingerprint density at radius 2 is 1.91 bits per heavy atom. The molecule has 3 heterocycles. The van der Waals surface area contributed by atoms with Crippen LogP contribution in [0.1, 0.15) is 44.2 Å². The van der Waals surface area contributed by atoms with E-state index in [4.69, 9.17) is 0 Å². The summed E-state index contributed by atoms with van der Waals surface area (Å²) >= 11 is 0. The molecule has 0 N–H and O–H groups in total. The van der Waals surface area contributed by atoms with Crippen LogP contribution < -0.4 is 4.90 Å². The first kappa shape index (κ1) is 15.3. The Bertz CT molecular complexity index is 511. The topological polar surface area (TPSA) is 49.3 Å². The molecule has 120 valence electrons. The third kappa shape index (κ3) is 3.57. The molecule has 2 aliphatic rings. The van der Waals surface area contributed by atoms with Crippen LogP contribution in [0.25, 0.3) is 0 Å². The van der Waals surface area contributed by atoms with E-state index in [9.17, 15) is 4.79 Å². The number of amides is 1. The molecule has 5 heteroatoms. The van der Waals surface area contributed by atoms with E-state index in [-0.39, 0.29) is 5.92 Å². The molecule has 0 saturated carbocycles. The van der Waals surface area contributed by atoms with Gasteiger partial charge in [0.05, 0.1) is 5.92 Å². The Labute approximate surface area is 132 Å². The van der Waals surface area contributed by atoms with Gasteiger partial charge in [-0.05, 0) is 38.7 Å². The minimum Gasteiger partial charge on any atom is -0.342 e. The SMILES string of the molecule is Cc1ccnc(N2CCCC(C(=O)N3CCCCCC3)C2)n1. The molecular weight excluding hydrogens is 276 g/mol. The summed E-state index contributed by atoms with van der Waals surface area (Å²) in [4.78, 5) is 26.0. The number of carbonyl (C=O) groups is 1. The molecule has 0 aromatic carbocycles. The summed E-state index contributed by atoms with van der Waals surface area (Å²) in [5.41, 5.74) is 0.978. The van der Waals surface area contributed by atoms with Gasteiger partial charge in [0.15, 0.2) is 0 Å². The van der Waals surface area contributed by atoms with E-state index in [0.29, 0.717) is 5.91 Å². The normalized spacial score (nSPS) is 23.2. The van der Waals surface area contributed by atoms with Crippen molar-refractivity contribution < 1.29 is 4.79 Å². The van der Waals surface area contributed by atoms with Crippen LogP contribution in [0.15, 0.2) is 12.3 Å². The lowest BCUT2D eigenvalue weighted by Gasteiger charge is -2.34. The number of hydrogen-bond acceptors (Lipinski definition) is 4. The van der Waals surface area contributed by atoms with Gasteiger partial charge in [-0.3, -0.25) is 4.79 Å². The lowest BCUT2D eigenvalue weighted by Crippen LogP contribution is -2.45. The number of nitrogens with zero attached hydrogens (tertiary/aromatic N) is 4. The molecule has 2 fully saturated rings. The first-order valence-electron chi connectivity index (χ1n) is 8.57. The molecular formula is C17H26N4O. The fourth-order valence-electron chi connectivity index (χ4n) is 3.50. The van der Waals surface area contributed by atoms with Crippen molar-refractivity contribution in [1.29, 1.82) is 0 Å². The molecule has 0 spiro atoms. The molecule has 1 aromatic heterocycles.